The minimum Gasteiger partial charge on any atom is -0.369 e. The molecular weight excluding hydrogens is 157 g/mol. The largest absolute Gasteiger partial charge is 0.369 e. The van der Waals surface area contributed by atoms with Gasteiger partial charge in [0.2, 0.25) is 0 Å². The van der Waals surface area contributed by atoms with Crippen molar-refractivity contribution in [3.05, 3.63) is 41.3 Å². The number of nitrogens with one attached hydrogen (secondary N) is 1. The Balaban J connectivity index is 2.55. The van der Waals surface area contributed by atoms with E-state index in [1.807, 2.05) is 0 Å². The third-order valence-electron chi connectivity index (χ3n) is 1.85. The first-order chi connectivity index (χ1) is 5.77. The van der Waals surface area contributed by atoms with E-state index < -0.39 is 12.2 Å². The number of halogens is 1. The molecule has 1 aromatic rings. The number of aliphatic hydroxyl groups excluding tert-OH is 1. The van der Waals surface area contributed by atoms with Crippen LogP contribution in [0.4, 0.5) is 4.39 Å². The van der Waals surface area contributed by atoms with Crippen LogP contribution in [0, 0.1) is 0 Å². The monoisotopic (exact) mass is 165 g/mol. The first kappa shape index (κ1) is 7.31. The summed E-state index contributed by atoms with van der Waals surface area (Å²) in [6.45, 7) is 0. The molecule has 0 aliphatic carbocycles. The molecule has 0 saturated carbocycles. The first-order valence-electron chi connectivity index (χ1n) is 3.68. The second kappa shape index (κ2) is 2.60. The molecule has 1 unspecified atom stereocenters. The van der Waals surface area contributed by atoms with E-state index in [9.17, 15) is 9.50 Å². The molecule has 0 fully saturated rings. The zero-order chi connectivity index (χ0) is 8.55. The lowest BCUT2D eigenvalue weighted by atomic mass is 10.0. The number of fused-ring (bicyclic) bond motifs is 1. The van der Waals surface area contributed by atoms with Crippen LogP contribution in [-0.4, -0.2) is 5.11 Å². The molecule has 0 amide bonds. The Hall–Kier alpha value is -1.35. The lowest BCUT2D eigenvalue weighted by Crippen LogP contribution is -2.22. The number of aliphatic hydroxyl groups is 1. The van der Waals surface area contributed by atoms with Crippen molar-refractivity contribution in [2.45, 2.75) is 6.23 Å². The fourth-order valence-electron chi connectivity index (χ4n) is 1.28. The first-order valence-corrected chi connectivity index (χ1v) is 3.68. The van der Waals surface area contributed by atoms with Crippen LogP contribution in [0.15, 0.2) is 30.2 Å². The Labute approximate surface area is 69.3 Å². The van der Waals surface area contributed by atoms with E-state index in [2.05, 4.69) is 5.32 Å². The van der Waals surface area contributed by atoms with Gasteiger partial charge in [-0.25, -0.2) is 0 Å². The summed E-state index contributed by atoms with van der Waals surface area (Å²) in [6, 6.07) is 7.14. The van der Waals surface area contributed by atoms with Crippen molar-refractivity contribution in [3.63, 3.8) is 0 Å². The second-order valence-electron chi connectivity index (χ2n) is 2.67. The standard InChI is InChI=1S/C9H8FNO/c10-8-5-6-3-1-2-4-7(6)9(12)11-8/h1-5,9,11-12H. The smallest absolute Gasteiger partial charge is 0.189 e. The van der Waals surface area contributed by atoms with E-state index in [1.54, 1.807) is 24.3 Å². The van der Waals surface area contributed by atoms with Gasteiger partial charge in [-0.2, -0.15) is 4.39 Å². The fraction of sp³-hybridized carbons (Fsp3) is 0.111. The number of hydrogen-bond acceptors (Lipinski definition) is 2. The van der Waals surface area contributed by atoms with Crippen LogP contribution in [0.2, 0.25) is 0 Å². The molecule has 1 aromatic carbocycles. The normalized spacial score (nSPS) is 20.8. The predicted molar refractivity (Wildman–Crippen MR) is 43.6 cm³/mol. The van der Waals surface area contributed by atoms with Crippen molar-refractivity contribution in [2.75, 3.05) is 0 Å². The molecule has 1 aliphatic rings. The highest BCUT2D eigenvalue weighted by Gasteiger charge is 2.16. The Morgan fingerprint density at radius 1 is 1.33 bits per heavy atom. The molecule has 0 spiro atoms. The van der Waals surface area contributed by atoms with E-state index in [-0.39, 0.29) is 0 Å². The molecule has 3 heteroatoms. The van der Waals surface area contributed by atoms with Crippen LogP contribution in [0.25, 0.3) is 6.08 Å². The van der Waals surface area contributed by atoms with Crippen LogP contribution >= 0.6 is 0 Å². The van der Waals surface area contributed by atoms with E-state index in [0.717, 1.165) is 5.56 Å². The molecule has 2 N–H and O–H groups in total. The average Bonchev–Trinajstić information content (AvgIpc) is 2.04. The summed E-state index contributed by atoms with van der Waals surface area (Å²) >= 11 is 0. The van der Waals surface area contributed by atoms with Crippen molar-refractivity contribution in [1.82, 2.24) is 5.32 Å². The average molecular weight is 165 g/mol. The van der Waals surface area contributed by atoms with Crippen molar-refractivity contribution in [2.24, 2.45) is 0 Å². The van der Waals surface area contributed by atoms with Gasteiger partial charge in [-0.3, -0.25) is 0 Å². The van der Waals surface area contributed by atoms with Crippen LogP contribution in [-0.2, 0) is 0 Å². The molecule has 2 rings (SSSR count). The number of benzene rings is 1. The second-order valence-corrected chi connectivity index (χ2v) is 2.67. The summed E-state index contributed by atoms with van der Waals surface area (Å²) in [6.07, 6.45) is 0.438. The lowest BCUT2D eigenvalue weighted by molar-refractivity contribution is 0.139. The van der Waals surface area contributed by atoms with Gasteiger partial charge in [-0.15, -0.1) is 0 Å². The van der Waals surface area contributed by atoms with Gasteiger partial charge in [0.05, 0.1) is 0 Å². The molecule has 62 valence electrons. The Bertz CT molecular complexity index is 335. The molecule has 1 atom stereocenters. The highest BCUT2D eigenvalue weighted by molar-refractivity contribution is 5.57. The number of rotatable bonds is 0. The van der Waals surface area contributed by atoms with E-state index in [0.29, 0.717) is 5.56 Å². The summed E-state index contributed by atoms with van der Waals surface area (Å²) in [5.74, 6) is -0.499. The zero-order valence-corrected chi connectivity index (χ0v) is 6.29. The van der Waals surface area contributed by atoms with Gasteiger partial charge in [0.15, 0.2) is 12.2 Å². The molecule has 0 aromatic heterocycles. The molecule has 2 nitrogen and oxygen atoms in total. The van der Waals surface area contributed by atoms with Gasteiger partial charge in [-0.05, 0) is 11.6 Å². The SMILES string of the molecule is OC1NC(F)=Cc2ccccc21. The van der Waals surface area contributed by atoms with Crippen LogP contribution in [0.1, 0.15) is 17.4 Å². The fourth-order valence-corrected chi connectivity index (χ4v) is 1.28. The highest BCUT2D eigenvalue weighted by Crippen LogP contribution is 2.24. The van der Waals surface area contributed by atoms with Crippen LogP contribution in [0.5, 0.6) is 0 Å². The van der Waals surface area contributed by atoms with Gasteiger partial charge < -0.3 is 10.4 Å². The summed E-state index contributed by atoms with van der Waals surface area (Å²) in [5.41, 5.74) is 1.43. The zero-order valence-electron chi connectivity index (χ0n) is 6.29. The molecular formula is C9H8FNO. The molecule has 0 bridgehead atoms. The van der Waals surface area contributed by atoms with Gasteiger partial charge in [0, 0.05) is 5.56 Å². The maximum Gasteiger partial charge on any atom is 0.189 e. The summed E-state index contributed by atoms with van der Waals surface area (Å²) in [4.78, 5) is 0. The van der Waals surface area contributed by atoms with Crippen molar-refractivity contribution < 1.29 is 9.50 Å². The Morgan fingerprint density at radius 3 is 2.92 bits per heavy atom. The third-order valence-corrected chi connectivity index (χ3v) is 1.85. The van der Waals surface area contributed by atoms with E-state index in [4.69, 9.17) is 0 Å². The van der Waals surface area contributed by atoms with Gasteiger partial charge in [-0.1, -0.05) is 24.3 Å². The molecule has 0 radical (unpaired) electrons. The van der Waals surface area contributed by atoms with Crippen molar-refractivity contribution >= 4 is 6.08 Å². The van der Waals surface area contributed by atoms with Crippen molar-refractivity contribution in [3.8, 4) is 0 Å². The van der Waals surface area contributed by atoms with E-state index >= 15 is 0 Å². The summed E-state index contributed by atoms with van der Waals surface area (Å²) < 4.78 is 12.7. The minimum atomic E-state index is -0.925. The van der Waals surface area contributed by atoms with Crippen LogP contribution in [0.3, 0.4) is 0 Å². The summed E-state index contributed by atoms with van der Waals surface area (Å²) in [7, 11) is 0. The summed E-state index contributed by atoms with van der Waals surface area (Å²) in [5, 5.41) is 11.6. The highest BCUT2D eigenvalue weighted by atomic mass is 19.1. The molecule has 1 aliphatic heterocycles. The molecule has 12 heavy (non-hydrogen) atoms. The predicted octanol–water partition coefficient (Wildman–Crippen LogP) is 1.55. The molecule has 0 saturated heterocycles. The van der Waals surface area contributed by atoms with Gasteiger partial charge >= 0.3 is 0 Å². The quantitative estimate of drug-likeness (QED) is 0.571. The van der Waals surface area contributed by atoms with Crippen LogP contribution < -0.4 is 5.32 Å². The van der Waals surface area contributed by atoms with Gasteiger partial charge in [0.1, 0.15) is 0 Å². The van der Waals surface area contributed by atoms with E-state index in [1.165, 1.54) is 6.08 Å². The van der Waals surface area contributed by atoms with Crippen molar-refractivity contribution in [1.29, 1.82) is 0 Å². The number of hydrogen-bond donors (Lipinski definition) is 2. The maximum atomic E-state index is 12.7. The van der Waals surface area contributed by atoms with Gasteiger partial charge in [0.25, 0.3) is 0 Å². The third kappa shape index (κ3) is 1.08. The Morgan fingerprint density at radius 2 is 2.08 bits per heavy atom. The Kier molecular flexibility index (Phi) is 1.59. The maximum absolute atomic E-state index is 12.7. The lowest BCUT2D eigenvalue weighted by Gasteiger charge is -2.19. The topological polar surface area (TPSA) is 32.3 Å². The molecule has 1 heterocycles. The minimum absolute atomic E-state index is 0.499.